The highest BCUT2D eigenvalue weighted by molar-refractivity contribution is 6.36. The monoisotopic (exact) mass is 210 g/mol. The van der Waals surface area contributed by atoms with Crippen LogP contribution < -0.4 is 4.65 Å². The molecule has 0 aliphatic rings. The van der Waals surface area contributed by atoms with E-state index in [0.717, 1.165) is 18.2 Å². The van der Waals surface area contributed by atoms with Gasteiger partial charge in [-0.15, -0.1) is 0 Å². The molecule has 0 spiro atoms. The molecule has 14 heavy (non-hydrogen) atoms. The second kappa shape index (κ2) is 4.82. The Balaban J connectivity index is 2.80. The molecule has 0 saturated carbocycles. The predicted octanol–water partition coefficient (Wildman–Crippen LogP) is 2.13. The van der Waals surface area contributed by atoms with Crippen LogP contribution in [0.25, 0.3) is 0 Å². The lowest BCUT2D eigenvalue weighted by Crippen LogP contribution is -2.25. The van der Waals surface area contributed by atoms with Crippen molar-refractivity contribution in [3.63, 3.8) is 0 Å². The lowest BCUT2D eigenvalue weighted by atomic mass is 10.2. The normalized spacial score (nSPS) is 10.0. The number of hydrogen-bond donors (Lipinski definition) is 0. The third-order valence-corrected chi connectivity index (χ3v) is 1.28. The zero-order valence-corrected chi connectivity index (χ0v) is 6.55. The van der Waals surface area contributed by atoms with E-state index < -0.39 is 24.7 Å². The first-order valence-corrected chi connectivity index (χ1v) is 3.34. The summed E-state index contributed by atoms with van der Waals surface area (Å²) in [4.78, 5) is 5.58. The van der Waals surface area contributed by atoms with Crippen molar-refractivity contribution in [3.05, 3.63) is 29.8 Å². The van der Waals surface area contributed by atoms with Gasteiger partial charge in [0, 0.05) is 0 Å². The highest BCUT2D eigenvalue weighted by Gasteiger charge is 2.28. The molecule has 0 heterocycles. The summed E-state index contributed by atoms with van der Waals surface area (Å²) in [5.41, 5.74) is 0. The van der Waals surface area contributed by atoms with Crippen LogP contribution in [0.15, 0.2) is 18.2 Å². The van der Waals surface area contributed by atoms with Gasteiger partial charge in [0.2, 0.25) is 0 Å². The van der Waals surface area contributed by atoms with Crippen LogP contribution in [0.1, 0.15) is 0 Å². The molecule has 0 bridgehead atoms. The first-order chi connectivity index (χ1) is 6.69. The molecule has 0 amide bonds. The van der Waals surface area contributed by atoms with Gasteiger partial charge in [-0.05, 0) is 12.1 Å². The Morgan fingerprint density at radius 2 is 1.71 bits per heavy atom. The minimum atomic E-state index is -2.38. The molecule has 0 aromatic heterocycles. The van der Waals surface area contributed by atoms with Crippen molar-refractivity contribution < 1.29 is 32.2 Å². The molecule has 76 valence electrons. The Morgan fingerprint density at radius 1 is 1.07 bits per heavy atom. The van der Waals surface area contributed by atoms with Crippen molar-refractivity contribution >= 4 is 7.32 Å². The average molecular weight is 210 g/mol. The molecular weight excluding hydrogens is 207 g/mol. The second-order valence-corrected chi connectivity index (χ2v) is 2.14. The maximum Gasteiger partial charge on any atom is 0.778 e. The quantitative estimate of drug-likeness (QED) is 0.562. The van der Waals surface area contributed by atoms with Gasteiger partial charge in [0.25, 0.3) is 0 Å². The number of rotatable bonds is 4. The zero-order chi connectivity index (χ0) is 10.6. The van der Waals surface area contributed by atoms with Crippen molar-refractivity contribution in [2.24, 2.45) is 0 Å². The van der Waals surface area contributed by atoms with Crippen LogP contribution in [0.3, 0.4) is 0 Å². The van der Waals surface area contributed by atoms with Gasteiger partial charge in [0.05, 0.1) is 0 Å². The van der Waals surface area contributed by atoms with E-state index in [-0.39, 0.29) is 0 Å². The first kappa shape index (κ1) is 10.8. The van der Waals surface area contributed by atoms with Gasteiger partial charge in [0.1, 0.15) is 5.75 Å². The predicted molar refractivity (Wildman–Crippen MR) is 37.1 cm³/mol. The van der Waals surface area contributed by atoms with E-state index in [1.54, 1.807) is 0 Å². The van der Waals surface area contributed by atoms with E-state index in [1.165, 1.54) is 0 Å². The van der Waals surface area contributed by atoms with E-state index >= 15 is 0 Å². The van der Waals surface area contributed by atoms with Crippen LogP contribution in [0.4, 0.5) is 17.8 Å². The molecule has 1 rings (SSSR count). The van der Waals surface area contributed by atoms with Crippen LogP contribution >= 0.6 is 0 Å². The van der Waals surface area contributed by atoms with Crippen LogP contribution in [0.5, 0.6) is 5.75 Å². The molecule has 0 unspecified atom stereocenters. The lowest BCUT2D eigenvalue weighted by Gasteiger charge is -2.06. The summed E-state index contributed by atoms with van der Waals surface area (Å²) >= 11 is 0. The first-order valence-electron chi connectivity index (χ1n) is 3.34. The highest BCUT2D eigenvalue weighted by Crippen LogP contribution is 2.20. The van der Waals surface area contributed by atoms with Crippen LogP contribution in [-0.4, -0.2) is 7.32 Å². The SMILES string of the molecule is FOB(OF)Oc1cccc(F)c1F. The summed E-state index contributed by atoms with van der Waals surface area (Å²) in [6.45, 7) is 0. The van der Waals surface area contributed by atoms with E-state index in [4.69, 9.17) is 0 Å². The molecule has 0 aliphatic carbocycles. The molecule has 0 radical (unpaired) electrons. The maximum absolute atomic E-state index is 12.8. The van der Waals surface area contributed by atoms with E-state index in [1.807, 2.05) is 0 Å². The Hall–Kier alpha value is -1.28. The number of benzene rings is 1. The van der Waals surface area contributed by atoms with E-state index in [2.05, 4.69) is 14.4 Å². The van der Waals surface area contributed by atoms with Crippen molar-refractivity contribution in [3.8, 4) is 5.75 Å². The molecule has 0 fully saturated rings. The van der Waals surface area contributed by atoms with Gasteiger partial charge in [-0.3, -0.25) is 0 Å². The van der Waals surface area contributed by atoms with E-state index in [0.29, 0.717) is 0 Å². The fraction of sp³-hybridized carbons (Fsp3) is 0. The Morgan fingerprint density at radius 3 is 2.29 bits per heavy atom. The van der Waals surface area contributed by atoms with Gasteiger partial charge >= 0.3 is 7.32 Å². The van der Waals surface area contributed by atoms with Crippen molar-refractivity contribution in [1.82, 2.24) is 0 Å². The summed E-state index contributed by atoms with van der Waals surface area (Å²) in [5.74, 6) is -3.35. The molecule has 8 heteroatoms. The minimum Gasteiger partial charge on any atom is -0.506 e. The number of halogens is 4. The summed E-state index contributed by atoms with van der Waals surface area (Å²) in [6.07, 6.45) is 0. The standard InChI is InChI=1S/C6H3BF4O3/c8-4-2-1-3-5(6(4)9)12-7(13-10)14-11/h1-3H. The third kappa shape index (κ3) is 2.36. The lowest BCUT2D eigenvalue weighted by molar-refractivity contribution is -0.130. The third-order valence-electron chi connectivity index (χ3n) is 1.28. The van der Waals surface area contributed by atoms with Gasteiger partial charge < -0.3 is 4.65 Å². The van der Waals surface area contributed by atoms with Crippen LogP contribution in [0, 0.1) is 11.6 Å². The fourth-order valence-electron chi connectivity index (χ4n) is 0.729. The Kier molecular flexibility index (Phi) is 3.72. The number of hydrogen-bond acceptors (Lipinski definition) is 3. The fourth-order valence-corrected chi connectivity index (χ4v) is 0.729. The van der Waals surface area contributed by atoms with Crippen LogP contribution in [-0.2, 0) is 9.72 Å². The van der Waals surface area contributed by atoms with Crippen molar-refractivity contribution in [1.29, 1.82) is 0 Å². The summed E-state index contributed by atoms with van der Waals surface area (Å²) in [6, 6.07) is 2.84. The molecule has 0 aliphatic heterocycles. The van der Waals surface area contributed by atoms with Gasteiger partial charge in [-0.1, -0.05) is 15.1 Å². The molecular formula is C6H3BF4O3. The Bertz CT molecular complexity index is 307. The maximum atomic E-state index is 12.8. The molecule has 1 aromatic rings. The van der Waals surface area contributed by atoms with Crippen LogP contribution in [0.2, 0.25) is 0 Å². The largest absolute Gasteiger partial charge is 0.778 e. The van der Waals surface area contributed by atoms with Crippen molar-refractivity contribution in [2.75, 3.05) is 0 Å². The smallest absolute Gasteiger partial charge is 0.506 e. The van der Waals surface area contributed by atoms with Gasteiger partial charge in [0.15, 0.2) is 11.6 Å². The van der Waals surface area contributed by atoms with Gasteiger partial charge in [-0.25, -0.2) is 4.39 Å². The average Bonchev–Trinajstić information content (AvgIpc) is 2.20. The summed E-state index contributed by atoms with van der Waals surface area (Å²) in [7, 11) is -2.38. The summed E-state index contributed by atoms with van der Waals surface area (Å²) in [5, 5.41) is 0. The molecule has 0 saturated heterocycles. The van der Waals surface area contributed by atoms with Crippen molar-refractivity contribution in [2.45, 2.75) is 0 Å². The molecule has 3 nitrogen and oxygen atoms in total. The zero-order valence-electron chi connectivity index (χ0n) is 6.55. The minimum absolute atomic E-state index is 0.731. The molecule has 1 aromatic carbocycles. The van der Waals surface area contributed by atoms with Gasteiger partial charge in [-0.2, -0.15) is 14.1 Å². The second-order valence-electron chi connectivity index (χ2n) is 2.14. The molecule has 0 atom stereocenters. The van der Waals surface area contributed by atoms with E-state index in [9.17, 15) is 17.8 Å². The Labute approximate surface area is 76.2 Å². The highest BCUT2D eigenvalue weighted by atomic mass is 19.3. The topological polar surface area (TPSA) is 27.7 Å². The summed E-state index contributed by atoms with van der Waals surface area (Å²) < 4.78 is 52.1. The molecule has 0 N–H and O–H groups in total.